The predicted octanol–water partition coefficient (Wildman–Crippen LogP) is 0.389. The standard InChI is InChI=1S/C11H20N4O/c1-2-12-9-11(16)14-5-3-4-7-15-8-6-13-10-15/h6,8,10,12H,2-5,7,9H2,1H3,(H,14,16). The van der Waals surface area contributed by atoms with Crippen LogP contribution in [0, 0.1) is 0 Å². The summed E-state index contributed by atoms with van der Waals surface area (Å²) in [7, 11) is 0. The average Bonchev–Trinajstić information content (AvgIpc) is 2.79. The first-order valence-corrected chi connectivity index (χ1v) is 5.76. The lowest BCUT2D eigenvalue weighted by Gasteiger charge is -2.05. The minimum atomic E-state index is 0.0736. The first-order valence-electron chi connectivity index (χ1n) is 5.76. The van der Waals surface area contributed by atoms with Crippen LogP contribution in [0.1, 0.15) is 19.8 Å². The number of hydrogen-bond donors (Lipinski definition) is 2. The third-order valence-corrected chi connectivity index (χ3v) is 2.26. The van der Waals surface area contributed by atoms with Crippen LogP contribution in [0.25, 0.3) is 0 Å². The minimum absolute atomic E-state index is 0.0736. The Morgan fingerprint density at radius 2 is 2.31 bits per heavy atom. The summed E-state index contributed by atoms with van der Waals surface area (Å²) in [6.07, 6.45) is 7.58. The van der Waals surface area contributed by atoms with Crippen molar-refractivity contribution in [3.8, 4) is 0 Å². The molecule has 90 valence electrons. The second-order valence-electron chi connectivity index (χ2n) is 3.64. The highest BCUT2D eigenvalue weighted by molar-refractivity contribution is 5.77. The number of aromatic nitrogens is 2. The predicted molar refractivity (Wildman–Crippen MR) is 63.0 cm³/mol. The zero-order valence-electron chi connectivity index (χ0n) is 9.78. The number of hydrogen-bond acceptors (Lipinski definition) is 3. The summed E-state index contributed by atoms with van der Waals surface area (Å²) in [5, 5.41) is 5.86. The van der Waals surface area contributed by atoms with E-state index in [-0.39, 0.29) is 5.91 Å². The molecule has 0 saturated heterocycles. The Morgan fingerprint density at radius 1 is 1.44 bits per heavy atom. The lowest BCUT2D eigenvalue weighted by atomic mass is 10.3. The van der Waals surface area contributed by atoms with Crippen LogP contribution in [-0.2, 0) is 11.3 Å². The second kappa shape index (κ2) is 7.87. The van der Waals surface area contributed by atoms with Crippen molar-refractivity contribution in [1.82, 2.24) is 20.2 Å². The van der Waals surface area contributed by atoms with Gasteiger partial charge in [0.25, 0.3) is 0 Å². The molecule has 0 aromatic carbocycles. The first kappa shape index (κ1) is 12.7. The van der Waals surface area contributed by atoms with Crippen LogP contribution in [0.5, 0.6) is 0 Å². The molecule has 0 radical (unpaired) electrons. The maximum Gasteiger partial charge on any atom is 0.233 e. The van der Waals surface area contributed by atoms with Crippen LogP contribution < -0.4 is 10.6 Å². The van der Waals surface area contributed by atoms with E-state index in [4.69, 9.17) is 0 Å². The van der Waals surface area contributed by atoms with E-state index in [2.05, 4.69) is 15.6 Å². The zero-order chi connectivity index (χ0) is 11.6. The van der Waals surface area contributed by atoms with Crippen molar-refractivity contribution in [1.29, 1.82) is 0 Å². The van der Waals surface area contributed by atoms with Crippen LogP contribution in [0.2, 0.25) is 0 Å². The Labute approximate surface area is 96.3 Å². The smallest absolute Gasteiger partial charge is 0.233 e. The van der Waals surface area contributed by atoms with Gasteiger partial charge in [0.2, 0.25) is 5.91 Å². The van der Waals surface area contributed by atoms with Crippen LogP contribution in [0.15, 0.2) is 18.7 Å². The van der Waals surface area contributed by atoms with Gasteiger partial charge in [0.1, 0.15) is 0 Å². The van der Waals surface area contributed by atoms with Crippen molar-refractivity contribution in [3.63, 3.8) is 0 Å². The topological polar surface area (TPSA) is 59.0 Å². The second-order valence-corrected chi connectivity index (χ2v) is 3.64. The number of aryl methyl sites for hydroxylation is 1. The number of amides is 1. The summed E-state index contributed by atoms with van der Waals surface area (Å²) in [4.78, 5) is 15.2. The van der Waals surface area contributed by atoms with E-state index in [9.17, 15) is 4.79 Å². The quantitative estimate of drug-likeness (QED) is 0.628. The van der Waals surface area contributed by atoms with Gasteiger partial charge in [0, 0.05) is 25.5 Å². The van der Waals surface area contributed by atoms with Gasteiger partial charge in [-0.05, 0) is 19.4 Å². The van der Waals surface area contributed by atoms with E-state index in [1.54, 1.807) is 6.20 Å². The summed E-state index contributed by atoms with van der Waals surface area (Å²) < 4.78 is 2.04. The maximum absolute atomic E-state index is 11.2. The molecule has 0 unspecified atom stereocenters. The third-order valence-electron chi connectivity index (χ3n) is 2.26. The van der Waals surface area contributed by atoms with Gasteiger partial charge in [-0.25, -0.2) is 4.98 Å². The summed E-state index contributed by atoms with van der Waals surface area (Å²) in [5.74, 6) is 0.0736. The van der Waals surface area contributed by atoms with Crippen molar-refractivity contribution in [2.45, 2.75) is 26.3 Å². The molecule has 1 amide bonds. The summed E-state index contributed by atoms with van der Waals surface area (Å²) in [6, 6.07) is 0. The van der Waals surface area contributed by atoms with Crippen LogP contribution in [0.4, 0.5) is 0 Å². The molecule has 0 spiro atoms. The molecular formula is C11H20N4O. The van der Waals surface area contributed by atoms with Gasteiger partial charge in [-0.15, -0.1) is 0 Å². The lowest BCUT2D eigenvalue weighted by molar-refractivity contribution is -0.120. The summed E-state index contributed by atoms with van der Waals surface area (Å²) in [5.41, 5.74) is 0. The van der Waals surface area contributed by atoms with Gasteiger partial charge < -0.3 is 15.2 Å². The van der Waals surface area contributed by atoms with Gasteiger partial charge in [-0.3, -0.25) is 4.79 Å². The number of imidazole rings is 1. The molecule has 0 bridgehead atoms. The molecule has 1 rings (SSSR count). The molecule has 1 aromatic rings. The van der Waals surface area contributed by atoms with E-state index >= 15 is 0 Å². The normalized spacial score (nSPS) is 10.3. The molecule has 5 heteroatoms. The molecule has 0 atom stereocenters. The number of unbranched alkanes of at least 4 members (excludes halogenated alkanes) is 1. The highest BCUT2D eigenvalue weighted by atomic mass is 16.1. The molecule has 0 aliphatic rings. The Morgan fingerprint density at radius 3 is 3.00 bits per heavy atom. The Balaban J connectivity index is 1.93. The van der Waals surface area contributed by atoms with Crippen molar-refractivity contribution in [3.05, 3.63) is 18.7 Å². The Hall–Kier alpha value is -1.36. The lowest BCUT2D eigenvalue weighted by Crippen LogP contribution is -2.34. The number of rotatable bonds is 8. The molecule has 1 heterocycles. The molecule has 1 aromatic heterocycles. The molecule has 0 saturated carbocycles. The van der Waals surface area contributed by atoms with Crippen LogP contribution >= 0.6 is 0 Å². The fourth-order valence-corrected chi connectivity index (χ4v) is 1.37. The first-order chi connectivity index (χ1) is 7.83. The van der Waals surface area contributed by atoms with E-state index in [1.165, 1.54) is 0 Å². The number of nitrogens with one attached hydrogen (secondary N) is 2. The van der Waals surface area contributed by atoms with Gasteiger partial charge in [0.05, 0.1) is 12.9 Å². The Kier molecular flexibility index (Phi) is 6.25. The SMILES string of the molecule is CCNCC(=O)NCCCCn1ccnc1. The molecule has 0 aliphatic carbocycles. The Bertz CT molecular complexity index is 284. The van der Waals surface area contributed by atoms with Gasteiger partial charge in [0.15, 0.2) is 0 Å². The van der Waals surface area contributed by atoms with Crippen LogP contribution in [-0.4, -0.2) is 35.1 Å². The fraction of sp³-hybridized carbons (Fsp3) is 0.636. The van der Waals surface area contributed by atoms with Gasteiger partial charge >= 0.3 is 0 Å². The largest absolute Gasteiger partial charge is 0.355 e. The maximum atomic E-state index is 11.2. The van der Waals surface area contributed by atoms with Crippen molar-refractivity contribution >= 4 is 5.91 Å². The average molecular weight is 224 g/mol. The van der Waals surface area contributed by atoms with E-state index < -0.39 is 0 Å². The van der Waals surface area contributed by atoms with E-state index in [0.717, 1.165) is 32.5 Å². The number of carbonyl (C=O) groups excluding carboxylic acids is 1. The van der Waals surface area contributed by atoms with Crippen LogP contribution in [0.3, 0.4) is 0 Å². The monoisotopic (exact) mass is 224 g/mol. The fourth-order valence-electron chi connectivity index (χ4n) is 1.37. The van der Waals surface area contributed by atoms with E-state index in [0.29, 0.717) is 6.54 Å². The molecule has 0 aliphatic heterocycles. The highest BCUT2D eigenvalue weighted by Gasteiger charge is 1.98. The number of likely N-dealkylation sites (N-methyl/N-ethyl adjacent to an activating group) is 1. The third kappa shape index (κ3) is 5.50. The molecule has 0 fully saturated rings. The molecule has 5 nitrogen and oxygen atoms in total. The van der Waals surface area contributed by atoms with Crippen molar-refractivity contribution in [2.75, 3.05) is 19.6 Å². The summed E-state index contributed by atoms with van der Waals surface area (Å²) >= 11 is 0. The molecule has 16 heavy (non-hydrogen) atoms. The van der Waals surface area contributed by atoms with E-state index in [1.807, 2.05) is 24.0 Å². The van der Waals surface area contributed by atoms with Gasteiger partial charge in [-0.1, -0.05) is 6.92 Å². The molecule has 2 N–H and O–H groups in total. The van der Waals surface area contributed by atoms with Crippen molar-refractivity contribution < 1.29 is 4.79 Å². The number of nitrogens with zero attached hydrogens (tertiary/aromatic N) is 2. The van der Waals surface area contributed by atoms with Crippen molar-refractivity contribution in [2.24, 2.45) is 0 Å². The van der Waals surface area contributed by atoms with Gasteiger partial charge in [-0.2, -0.15) is 0 Å². The summed E-state index contributed by atoms with van der Waals surface area (Å²) in [6.45, 7) is 4.94. The minimum Gasteiger partial charge on any atom is -0.355 e. The number of carbonyl (C=O) groups is 1. The zero-order valence-corrected chi connectivity index (χ0v) is 9.78. The molecular weight excluding hydrogens is 204 g/mol. The highest BCUT2D eigenvalue weighted by Crippen LogP contribution is 1.93.